The molecule has 6 heteroatoms. The maximum atomic E-state index is 12.4. The summed E-state index contributed by atoms with van der Waals surface area (Å²) in [6, 6.07) is 2.34. The van der Waals surface area contributed by atoms with Crippen molar-refractivity contribution in [3.63, 3.8) is 0 Å². The Labute approximate surface area is 133 Å². The lowest BCUT2D eigenvalue weighted by Crippen LogP contribution is -2.41. The largest absolute Gasteiger partial charge is 0.372 e. The fraction of sp³-hybridized carbons (Fsp3) is 0.500. The highest BCUT2D eigenvalue weighted by Gasteiger charge is 2.26. The highest BCUT2D eigenvalue weighted by atomic mass is 32.1. The van der Waals surface area contributed by atoms with Crippen LogP contribution in [0.1, 0.15) is 35.2 Å². The van der Waals surface area contributed by atoms with Gasteiger partial charge >= 0.3 is 0 Å². The molecule has 22 heavy (non-hydrogen) atoms. The first-order valence-electron chi connectivity index (χ1n) is 7.77. The number of aromatic nitrogens is 2. The molecule has 2 aromatic rings. The zero-order valence-electron chi connectivity index (χ0n) is 12.3. The van der Waals surface area contributed by atoms with Crippen LogP contribution >= 0.6 is 11.3 Å². The molecule has 116 valence electrons. The first-order chi connectivity index (χ1) is 10.8. The summed E-state index contributed by atoms with van der Waals surface area (Å²) in [5.41, 5.74) is 1.34. The molecule has 2 aliphatic heterocycles. The van der Waals surface area contributed by atoms with Crippen molar-refractivity contribution in [1.82, 2.24) is 14.9 Å². The van der Waals surface area contributed by atoms with Crippen LogP contribution in [0, 0.1) is 0 Å². The van der Waals surface area contributed by atoms with Crippen LogP contribution in [0.2, 0.25) is 0 Å². The molecule has 0 saturated carbocycles. The van der Waals surface area contributed by atoms with Crippen molar-refractivity contribution >= 4 is 17.2 Å². The van der Waals surface area contributed by atoms with E-state index in [0.717, 1.165) is 31.6 Å². The lowest BCUT2D eigenvalue weighted by atomic mass is 10.0. The maximum absolute atomic E-state index is 12.4. The molecule has 5 nitrogen and oxygen atoms in total. The van der Waals surface area contributed by atoms with Crippen LogP contribution in [-0.2, 0) is 28.9 Å². The van der Waals surface area contributed by atoms with E-state index >= 15 is 0 Å². The molecule has 0 saturated heterocycles. The SMILES string of the molecule is O=C(C[C@@H]1OCCc2ccsc21)N[C@H]1CCc2nccn2C1. The highest BCUT2D eigenvalue weighted by molar-refractivity contribution is 7.10. The number of nitrogens with one attached hydrogen (secondary N) is 1. The number of nitrogens with zero attached hydrogens (tertiary/aromatic N) is 2. The van der Waals surface area contributed by atoms with Crippen LogP contribution in [0.25, 0.3) is 0 Å². The van der Waals surface area contributed by atoms with Crippen molar-refractivity contribution in [2.45, 2.75) is 44.4 Å². The number of hydrogen-bond donors (Lipinski definition) is 1. The van der Waals surface area contributed by atoms with Crippen LogP contribution in [0.5, 0.6) is 0 Å². The van der Waals surface area contributed by atoms with Gasteiger partial charge < -0.3 is 14.6 Å². The lowest BCUT2D eigenvalue weighted by Gasteiger charge is -2.27. The zero-order chi connectivity index (χ0) is 14.9. The topological polar surface area (TPSA) is 56.1 Å². The zero-order valence-corrected chi connectivity index (χ0v) is 13.1. The van der Waals surface area contributed by atoms with Crippen molar-refractivity contribution in [3.05, 3.63) is 40.1 Å². The van der Waals surface area contributed by atoms with Crippen molar-refractivity contribution < 1.29 is 9.53 Å². The third-order valence-corrected chi connectivity index (χ3v) is 5.49. The minimum absolute atomic E-state index is 0.0730. The molecule has 0 radical (unpaired) electrons. The Bertz CT molecular complexity index is 678. The van der Waals surface area contributed by atoms with Crippen molar-refractivity contribution in [1.29, 1.82) is 0 Å². The van der Waals surface area contributed by atoms with Gasteiger partial charge in [-0.1, -0.05) is 0 Å². The molecule has 1 amide bonds. The molecule has 0 aromatic carbocycles. The Morgan fingerprint density at radius 1 is 1.50 bits per heavy atom. The summed E-state index contributed by atoms with van der Waals surface area (Å²) in [5, 5.41) is 5.25. The number of carbonyl (C=O) groups excluding carboxylic acids is 1. The quantitative estimate of drug-likeness (QED) is 0.943. The summed E-state index contributed by atoms with van der Waals surface area (Å²) in [6.07, 6.45) is 7.00. The van der Waals surface area contributed by atoms with E-state index in [2.05, 4.69) is 26.3 Å². The van der Waals surface area contributed by atoms with E-state index in [0.29, 0.717) is 13.0 Å². The van der Waals surface area contributed by atoms with Crippen LogP contribution in [0.3, 0.4) is 0 Å². The van der Waals surface area contributed by atoms with E-state index in [1.165, 1.54) is 10.4 Å². The van der Waals surface area contributed by atoms with Gasteiger partial charge in [-0.2, -0.15) is 0 Å². The van der Waals surface area contributed by atoms with Crippen LogP contribution in [-0.4, -0.2) is 28.1 Å². The number of carbonyl (C=O) groups is 1. The van der Waals surface area contributed by atoms with Gasteiger partial charge in [-0.05, 0) is 29.9 Å². The van der Waals surface area contributed by atoms with Gasteiger partial charge in [0, 0.05) is 36.3 Å². The number of thiophene rings is 1. The Kier molecular flexibility index (Phi) is 3.72. The summed E-state index contributed by atoms with van der Waals surface area (Å²) < 4.78 is 7.93. The summed E-state index contributed by atoms with van der Waals surface area (Å²) >= 11 is 1.70. The number of hydrogen-bond acceptors (Lipinski definition) is 4. The number of rotatable bonds is 3. The molecule has 0 bridgehead atoms. The van der Waals surface area contributed by atoms with Gasteiger partial charge in [0.2, 0.25) is 5.91 Å². The Morgan fingerprint density at radius 3 is 3.41 bits per heavy atom. The van der Waals surface area contributed by atoms with Gasteiger partial charge in [-0.3, -0.25) is 4.79 Å². The first-order valence-corrected chi connectivity index (χ1v) is 8.65. The van der Waals surface area contributed by atoms with E-state index in [9.17, 15) is 4.79 Å². The molecule has 0 unspecified atom stereocenters. The smallest absolute Gasteiger partial charge is 0.223 e. The third kappa shape index (κ3) is 2.68. The normalized spacial score (nSPS) is 23.6. The van der Waals surface area contributed by atoms with Crippen LogP contribution < -0.4 is 5.32 Å². The molecule has 2 aromatic heterocycles. The average Bonchev–Trinajstić information content (AvgIpc) is 3.15. The molecule has 0 fully saturated rings. The number of fused-ring (bicyclic) bond motifs is 2. The minimum atomic E-state index is -0.0730. The summed E-state index contributed by atoms with van der Waals surface area (Å²) in [7, 11) is 0. The van der Waals surface area contributed by atoms with Crippen molar-refractivity contribution in [2.75, 3.05) is 6.61 Å². The Hall–Kier alpha value is -1.66. The number of amides is 1. The monoisotopic (exact) mass is 317 g/mol. The predicted octanol–water partition coefficient (Wildman–Crippen LogP) is 2.08. The van der Waals surface area contributed by atoms with Gasteiger partial charge in [0.25, 0.3) is 0 Å². The Morgan fingerprint density at radius 2 is 2.45 bits per heavy atom. The molecule has 2 atom stereocenters. The van der Waals surface area contributed by atoms with Gasteiger partial charge in [0.15, 0.2) is 0 Å². The van der Waals surface area contributed by atoms with Crippen molar-refractivity contribution in [2.24, 2.45) is 0 Å². The summed E-state index contributed by atoms with van der Waals surface area (Å²) in [5.74, 6) is 1.20. The van der Waals surface area contributed by atoms with E-state index in [4.69, 9.17) is 4.74 Å². The van der Waals surface area contributed by atoms with E-state index in [1.54, 1.807) is 11.3 Å². The summed E-state index contributed by atoms with van der Waals surface area (Å²) in [6.45, 7) is 1.53. The molecule has 4 heterocycles. The second-order valence-corrected chi connectivity index (χ2v) is 6.87. The fourth-order valence-corrected chi connectivity index (χ4v) is 4.32. The van der Waals surface area contributed by atoms with Gasteiger partial charge in [-0.25, -0.2) is 4.98 Å². The van der Waals surface area contributed by atoms with Gasteiger partial charge in [-0.15, -0.1) is 11.3 Å². The molecular weight excluding hydrogens is 298 g/mol. The lowest BCUT2D eigenvalue weighted by molar-refractivity contribution is -0.125. The third-order valence-electron chi connectivity index (χ3n) is 4.43. The second-order valence-electron chi connectivity index (χ2n) is 5.92. The van der Waals surface area contributed by atoms with E-state index < -0.39 is 0 Å². The van der Waals surface area contributed by atoms with Gasteiger partial charge in [0.1, 0.15) is 11.9 Å². The molecule has 0 aliphatic carbocycles. The second kappa shape index (κ2) is 5.85. The fourth-order valence-electron chi connectivity index (χ4n) is 3.31. The molecule has 0 spiro atoms. The van der Waals surface area contributed by atoms with Crippen LogP contribution in [0.15, 0.2) is 23.8 Å². The maximum Gasteiger partial charge on any atom is 0.223 e. The first kappa shape index (κ1) is 14.0. The molecular formula is C16H19N3O2S. The standard InChI is InChI=1S/C16H19N3O2S/c20-15(9-13-16-11(3-7-21-13)4-8-22-16)18-12-1-2-14-17-5-6-19(14)10-12/h4-6,8,12-13H,1-3,7,9-10H2,(H,18,20)/t12-,13-/m0/s1. The van der Waals surface area contributed by atoms with Gasteiger partial charge in [0.05, 0.1) is 13.0 Å². The number of aryl methyl sites for hydroxylation is 1. The average molecular weight is 317 g/mol. The van der Waals surface area contributed by atoms with E-state index in [1.807, 2.05) is 12.4 Å². The molecule has 2 aliphatic rings. The number of imidazole rings is 1. The van der Waals surface area contributed by atoms with Crippen LogP contribution in [0.4, 0.5) is 0 Å². The highest BCUT2D eigenvalue weighted by Crippen LogP contribution is 2.33. The summed E-state index contributed by atoms with van der Waals surface area (Å²) in [4.78, 5) is 17.9. The number of ether oxygens (including phenoxy) is 1. The molecule has 4 rings (SSSR count). The molecule has 1 N–H and O–H groups in total. The minimum Gasteiger partial charge on any atom is -0.372 e. The van der Waals surface area contributed by atoms with Crippen molar-refractivity contribution in [3.8, 4) is 0 Å². The van der Waals surface area contributed by atoms with E-state index in [-0.39, 0.29) is 18.1 Å². The Balaban J connectivity index is 1.36. The predicted molar refractivity (Wildman–Crippen MR) is 83.8 cm³/mol.